The van der Waals surface area contributed by atoms with Crippen molar-refractivity contribution in [2.75, 3.05) is 6.26 Å². The lowest BCUT2D eigenvalue weighted by Crippen LogP contribution is -1.88. The summed E-state index contributed by atoms with van der Waals surface area (Å²) in [4.78, 5) is 0. The molecule has 0 fully saturated rings. The van der Waals surface area contributed by atoms with Gasteiger partial charge in [0.2, 0.25) is 0 Å². The molecule has 0 spiro atoms. The van der Waals surface area contributed by atoms with E-state index >= 15 is 0 Å². The summed E-state index contributed by atoms with van der Waals surface area (Å²) >= 11 is 0. The van der Waals surface area contributed by atoms with Crippen molar-refractivity contribution < 1.29 is 25.9 Å². The van der Waals surface area contributed by atoms with Crippen molar-refractivity contribution in [1.29, 1.82) is 0 Å². The predicted octanol–water partition coefficient (Wildman–Crippen LogP) is -1.43. The van der Waals surface area contributed by atoms with Gasteiger partial charge in [0.1, 0.15) is 0 Å². The minimum absolute atomic E-state index is 0.715. The van der Waals surface area contributed by atoms with E-state index in [1.807, 2.05) is 0 Å². The van der Waals surface area contributed by atoms with Gasteiger partial charge in [0.05, 0.1) is 6.26 Å². The molecule has 0 bridgehead atoms. The Bertz CT molecular complexity index is 191. The van der Waals surface area contributed by atoms with Crippen LogP contribution in [0.1, 0.15) is 0 Å². The van der Waals surface area contributed by atoms with Gasteiger partial charge < -0.3 is 0 Å². The van der Waals surface area contributed by atoms with Gasteiger partial charge in [-0.3, -0.25) is 9.11 Å². The lowest BCUT2D eigenvalue weighted by atomic mass is 12.0. The van der Waals surface area contributed by atoms with Gasteiger partial charge in [-0.2, -0.15) is 8.42 Å². The summed E-state index contributed by atoms with van der Waals surface area (Å²) in [5.41, 5.74) is 0. The third kappa shape index (κ3) is 8180. The molecule has 0 aromatic rings. The van der Waals surface area contributed by atoms with Crippen LogP contribution in [0, 0.1) is 0 Å². The van der Waals surface area contributed by atoms with Crippen LogP contribution in [0.3, 0.4) is 0 Å². The van der Waals surface area contributed by atoms with Crippen LogP contribution in [0.4, 0.5) is 0 Å². The van der Waals surface area contributed by atoms with E-state index in [-0.39, 0.29) is 0 Å². The first kappa shape index (κ1) is 11.6. The Kier molecular flexibility index (Phi) is 6.02. The molecule has 0 atom stereocenters. The molecule has 8 heteroatoms. The van der Waals surface area contributed by atoms with Gasteiger partial charge in [0.25, 0.3) is 21.1 Å². The maximum absolute atomic E-state index is 9.19. The van der Waals surface area contributed by atoms with Crippen LogP contribution in [0.2, 0.25) is 0 Å². The summed E-state index contributed by atoms with van der Waals surface area (Å²) in [7, 11) is -6.79. The summed E-state index contributed by atoms with van der Waals surface area (Å²) in [6.45, 7) is 0. The maximum Gasteiger partial charge on any atom is 0.261 e. The molecule has 58 valence electrons. The van der Waals surface area contributed by atoms with E-state index < -0.39 is 21.1 Å². The molecule has 0 aliphatic carbocycles. The van der Waals surface area contributed by atoms with Crippen LogP contribution in [0.25, 0.3) is 0 Å². The van der Waals surface area contributed by atoms with E-state index in [0.717, 1.165) is 0 Å². The topological polar surface area (TPSA) is 109 Å². The Hall–Kier alpha value is -0.180. The van der Waals surface area contributed by atoms with Crippen molar-refractivity contribution >= 4 is 21.1 Å². The zero-order valence-corrected chi connectivity index (χ0v) is 6.09. The Labute approximate surface area is 54.0 Å². The normalized spacial score (nSPS) is 10.2. The Balaban J connectivity index is 0. The van der Waals surface area contributed by atoms with Gasteiger partial charge in [-0.05, 0) is 0 Å². The Morgan fingerprint density at radius 3 is 1.33 bits per heavy atom. The highest BCUT2D eigenvalue weighted by Gasteiger charge is 1.81. The van der Waals surface area contributed by atoms with E-state index in [0.29, 0.717) is 6.26 Å². The first-order chi connectivity index (χ1) is 3.73. The van der Waals surface area contributed by atoms with Gasteiger partial charge in [-0.1, -0.05) is 0 Å². The fraction of sp³-hybridized carbons (Fsp3) is 1.00. The van der Waals surface area contributed by atoms with Crippen LogP contribution in [-0.4, -0.2) is 32.2 Å². The molecule has 0 aliphatic rings. The molecular weight excluding hydrogens is 172 g/mol. The smallest absolute Gasteiger partial charge is 0.261 e. The third-order valence-electron chi connectivity index (χ3n) is 0. The highest BCUT2D eigenvalue weighted by molar-refractivity contribution is 7.85. The Morgan fingerprint density at radius 1 is 1.33 bits per heavy atom. The van der Waals surface area contributed by atoms with E-state index in [4.69, 9.17) is 17.5 Å². The zero-order chi connectivity index (χ0) is 8.08. The van der Waals surface area contributed by atoms with Crippen molar-refractivity contribution in [2.45, 2.75) is 0 Å². The molecule has 0 heterocycles. The monoisotopic (exact) mass is 178 g/mol. The number of rotatable bonds is 0. The Morgan fingerprint density at radius 2 is 1.33 bits per heavy atom. The summed E-state index contributed by atoms with van der Waals surface area (Å²) in [5.74, 6) is 0. The van der Waals surface area contributed by atoms with E-state index in [1.54, 1.807) is 0 Å². The van der Waals surface area contributed by atoms with Gasteiger partial charge in [-0.15, -0.1) is 0 Å². The zero-order valence-electron chi connectivity index (χ0n) is 4.38. The molecule has 0 saturated heterocycles. The molecule has 0 aromatic heterocycles. The molecule has 0 unspecified atom stereocenters. The largest absolute Gasteiger partial charge is 0.288 e. The van der Waals surface area contributed by atoms with E-state index in [1.165, 1.54) is 0 Å². The first-order valence-corrected chi connectivity index (χ1v) is 4.47. The first-order valence-electron chi connectivity index (χ1n) is 1.49. The number of hydrogen-bond donors (Lipinski definition) is 3. The van der Waals surface area contributed by atoms with E-state index in [2.05, 4.69) is 0 Å². The second-order valence-corrected chi connectivity index (χ2v) is 2.91. The molecule has 6 nitrogen and oxygen atoms in total. The van der Waals surface area contributed by atoms with Gasteiger partial charge in [0, 0.05) is 0 Å². The van der Waals surface area contributed by atoms with Gasteiger partial charge in [-0.25, -0.2) is 8.42 Å². The molecule has 0 amide bonds. The van der Waals surface area contributed by atoms with Crippen molar-refractivity contribution in [3.05, 3.63) is 0 Å². The fourth-order valence-corrected chi connectivity index (χ4v) is 0. The molecule has 9 heavy (non-hydrogen) atoms. The highest BCUT2D eigenvalue weighted by Crippen LogP contribution is 1.60. The van der Waals surface area contributed by atoms with Gasteiger partial charge in [0.15, 0.2) is 0 Å². The van der Waals surface area contributed by atoms with Crippen molar-refractivity contribution in [1.82, 2.24) is 0 Å². The molecule has 0 radical (unpaired) electrons. The quantitative estimate of drug-likeness (QED) is 0.310. The highest BCUT2D eigenvalue weighted by atomic mass is 32.2. The van der Waals surface area contributed by atoms with E-state index in [9.17, 15) is 8.42 Å². The summed E-state index contributed by atoms with van der Waals surface area (Å²) in [6, 6.07) is 0. The average Bonchev–Trinajstić information content (AvgIpc) is 1.19. The van der Waals surface area contributed by atoms with Gasteiger partial charge >= 0.3 is 0 Å². The van der Waals surface area contributed by atoms with Crippen molar-refractivity contribution in [3.8, 4) is 0 Å². The minimum Gasteiger partial charge on any atom is -0.288 e. The summed E-state index contributed by atoms with van der Waals surface area (Å²) < 4.78 is 50.1. The lowest BCUT2D eigenvalue weighted by Gasteiger charge is -1.69. The van der Waals surface area contributed by atoms with Crippen LogP contribution in [0.15, 0.2) is 0 Å². The molecule has 0 rings (SSSR count). The maximum atomic E-state index is 9.19. The third-order valence-corrected chi connectivity index (χ3v) is 0. The SMILES string of the molecule is CS(=O)(=O)O.O=[SH](=O)O. The average molecular weight is 178 g/mol. The summed E-state index contributed by atoms with van der Waals surface area (Å²) in [5, 5.41) is 0. The number of hydrogen-bond acceptors (Lipinski definition) is 4. The number of thiol groups is 1. The lowest BCUT2D eigenvalue weighted by molar-refractivity contribution is 0.490. The summed E-state index contributed by atoms with van der Waals surface area (Å²) in [6.07, 6.45) is 0.715. The van der Waals surface area contributed by atoms with Crippen LogP contribution in [-0.2, 0) is 21.1 Å². The predicted molar refractivity (Wildman–Crippen MR) is 30.4 cm³/mol. The molecule has 0 aromatic carbocycles. The van der Waals surface area contributed by atoms with Crippen LogP contribution >= 0.6 is 0 Å². The molecule has 0 aliphatic heterocycles. The van der Waals surface area contributed by atoms with Crippen molar-refractivity contribution in [3.63, 3.8) is 0 Å². The fourth-order valence-electron chi connectivity index (χ4n) is 0. The second kappa shape index (κ2) is 4.68. The molecule has 0 saturated carbocycles. The minimum atomic E-state index is -3.67. The molecule has 2 N–H and O–H groups in total. The van der Waals surface area contributed by atoms with Crippen LogP contribution in [0.5, 0.6) is 0 Å². The standard InChI is InChI=1S/CH4O3S.H2O3S/c1-5(2,3)4;1-4(2)3/h1H3,(H,2,3,4);4H,(H,1,2,3). The second-order valence-electron chi connectivity index (χ2n) is 0.971. The molecular formula is CH6O6S2. The van der Waals surface area contributed by atoms with Crippen LogP contribution < -0.4 is 0 Å². The van der Waals surface area contributed by atoms with Crippen molar-refractivity contribution in [2.24, 2.45) is 0 Å².